The van der Waals surface area contributed by atoms with Crippen molar-refractivity contribution in [3.8, 4) is 17.2 Å². The zero-order chi connectivity index (χ0) is 33.1. The number of amides is 1. The molecule has 2 atom stereocenters. The summed E-state index contributed by atoms with van der Waals surface area (Å²) < 4.78 is 18.2. The van der Waals surface area contributed by atoms with Crippen molar-refractivity contribution >= 4 is 45.7 Å². The Morgan fingerprint density at radius 3 is 2.64 bits per heavy atom. The number of nitrogens with zero attached hydrogens (tertiary/aromatic N) is 3. The topological polar surface area (TPSA) is 111 Å². The number of fused-ring (bicyclic) bond motifs is 1. The summed E-state index contributed by atoms with van der Waals surface area (Å²) in [5.41, 5.74) is 4.20. The molecular formula is C36H37N3O6S2. The molecule has 0 bridgehead atoms. The van der Waals surface area contributed by atoms with E-state index in [1.165, 1.54) is 33.6 Å². The fraction of sp³-hybridized carbons (Fsp3) is 0.333. The predicted octanol–water partition coefficient (Wildman–Crippen LogP) is 7.67. The van der Waals surface area contributed by atoms with Crippen LogP contribution in [0.3, 0.4) is 0 Å². The molecule has 1 N–H and O–H groups in total. The maximum absolute atomic E-state index is 13.8. The molecule has 0 aliphatic carbocycles. The third kappa shape index (κ3) is 6.87. The van der Waals surface area contributed by atoms with Crippen LogP contribution in [0.5, 0.6) is 17.2 Å². The average Bonchev–Trinajstić information content (AvgIpc) is 3.77. The summed E-state index contributed by atoms with van der Waals surface area (Å²) in [6.45, 7) is 6.69. The lowest BCUT2D eigenvalue weighted by Gasteiger charge is -2.23. The summed E-state index contributed by atoms with van der Waals surface area (Å²) in [4.78, 5) is 28.9. The van der Waals surface area contributed by atoms with Crippen LogP contribution in [0.15, 0.2) is 70.6 Å². The van der Waals surface area contributed by atoms with Gasteiger partial charge in [-0.1, -0.05) is 78.8 Å². The molecule has 2 unspecified atom stereocenters. The number of unbranched alkanes of at least 4 members (excludes halogenated alkanes) is 2. The van der Waals surface area contributed by atoms with E-state index in [-0.39, 0.29) is 22.6 Å². The van der Waals surface area contributed by atoms with E-state index in [1.54, 1.807) is 37.4 Å². The van der Waals surface area contributed by atoms with Gasteiger partial charge in [0.05, 0.1) is 25.3 Å². The maximum atomic E-state index is 13.8. The Hall–Kier alpha value is -4.35. The Balaban J connectivity index is 1.38. The van der Waals surface area contributed by atoms with Crippen LogP contribution in [-0.4, -0.2) is 46.8 Å². The molecule has 2 aliphatic heterocycles. The molecule has 4 aromatic rings. The van der Waals surface area contributed by atoms with E-state index in [0.29, 0.717) is 45.7 Å². The van der Waals surface area contributed by atoms with Crippen LogP contribution < -0.4 is 19.1 Å². The second kappa shape index (κ2) is 14.2. The lowest BCUT2D eigenvalue weighted by Crippen LogP contribution is -2.29. The number of hydrogen-bond acceptors (Lipinski definition) is 10. The van der Waals surface area contributed by atoms with Crippen LogP contribution in [-0.2, 0) is 21.8 Å². The number of ether oxygens (including phenoxy) is 3. The van der Waals surface area contributed by atoms with Crippen LogP contribution in [0.1, 0.15) is 67.0 Å². The number of aromatic nitrogens is 2. The predicted molar refractivity (Wildman–Crippen MR) is 184 cm³/mol. The van der Waals surface area contributed by atoms with Gasteiger partial charge in [-0.3, -0.25) is 14.5 Å². The molecule has 47 heavy (non-hydrogen) atoms. The highest BCUT2D eigenvalue weighted by Gasteiger charge is 2.48. The monoisotopic (exact) mass is 671 g/mol. The summed E-state index contributed by atoms with van der Waals surface area (Å²) >= 11 is 2.73. The number of hydrogen-bond donors (Lipinski definition) is 1. The molecule has 0 radical (unpaired) electrons. The van der Waals surface area contributed by atoms with Crippen molar-refractivity contribution in [2.24, 2.45) is 0 Å². The number of aryl methyl sites for hydroxylation is 1. The van der Waals surface area contributed by atoms with Gasteiger partial charge in [-0.05, 0) is 67.3 Å². The minimum absolute atomic E-state index is 0.0126. The molecule has 11 heteroatoms. The quantitative estimate of drug-likeness (QED) is 0.0405. The number of ketones is 1. The molecule has 2 aliphatic rings. The number of rotatable bonds is 12. The fourth-order valence-corrected chi connectivity index (χ4v) is 7.59. The largest absolute Gasteiger partial charge is 0.507 e. The summed E-state index contributed by atoms with van der Waals surface area (Å²) in [7, 11) is 1.55. The Morgan fingerprint density at radius 1 is 1.06 bits per heavy atom. The zero-order valence-corrected chi connectivity index (χ0v) is 28.5. The van der Waals surface area contributed by atoms with E-state index in [2.05, 4.69) is 41.4 Å². The molecule has 1 saturated heterocycles. The molecule has 0 saturated carbocycles. The fourth-order valence-electron chi connectivity index (χ4n) is 5.77. The molecule has 0 spiro atoms. The van der Waals surface area contributed by atoms with Crippen molar-refractivity contribution < 1.29 is 28.9 Å². The van der Waals surface area contributed by atoms with Gasteiger partial charge in [0.25, 0.3) is 5.78 Å². The number of aliphatic hydroxyl groups excluding tert-OH is 1. The average molecular weight is 672 g/mol. The first-order chi connectivity index (χ1) is 22.8. The lowest BCUT2D eigenvalue weighted by atomic mass is 9.94. The van der Waals surface area contributed by atoms with Crippen LogP contribution in [0.2, 0.25) is 0 Å². The van der Waals surface area contributed by atoms with Crippen molar-refractivity contribution in [1.82, 2.24) is 10.2 Å². The lowest BCUT2D eigenvalue weighted by molar-refractivity contribution is -0.132. The molecular weight excluding hydrogens is 635 g/mol. The van der Waals surface area contributed by atoms with Crippen molar-refractivity contribution in [3.63, 3.8) is 0 Å². The third-order valence-corrected chi connectivity index (χ3v) is 10.3. The van der Waals surface area contributed by atoms with Gasteiger partial charge in [0.1, 0.15) is 17.6 Å². The first kappa shape index (κ1) is 32.6. The van der Waals surface area contributed by atoms with Crippen LogP contribution in [0.4, 0.5) is 5.13 Å². The number of thioether (sulfide) groups is 1. The number of methoxy groups -OCH3 is 1. The van der Waals surface area contributed by atoms with Crippen LogP contribution in [0, 0.1) is 6.92 Å². The zero-order valence-electron chi connectivity index (χ0n) is 26.8. The van der Waals surface area contributed by atoms with Gasteiger partial charge in [0, 0.05) is 17.7 Å². The van der Waals surface area contributed by atoms with Crippen molar-refractivity contribution in [1.29, 1.82) is 0 Å². The van der Waals surface area contributed by atoms with Crippen molar-refractivity contribution in [3.05, 3.63) is 94.1 Å². The van der Waals surface area contributed by atoms with Crippen molar-refractivity contribution in [2.75, 3.05) is 18.6 Å². The van der Waals surface area contributed by atoms with Gasteiger partial charge in [0.2, 0.25) is 5.13 Å². The van der Waals surface area contributed by atoms with Gasteiger partial charge in [-0.25, -0.2) is 0 Å². The number of carbonyl (C=O) groups excluding carboxylic acids is 2. The number of Topliss-reactive ketones (excluding diaryl/α,β-unsaturated/α-hetero) is 1. The van der Waals surface area contributed by atoms with E-state index in [0.717, 1.165) is 36.1 Å². The first-order valence-electron chi connectivity index (χ1n) is 15.7. The van der Waals surface area contributed by atoms with E-state index in [4.69, 9.17) is 14.2 Å². The molecule has 9 nitrogen and oxygen atoms in total. The Bertz CT molecular complexity index is 1820. The van der Waals surface area contributed by atoms with Gasteiger partial charge in [-0.15, -0.1) is 10.2 Å². The summed E-state index contributed by atoms with van der Waals surface area (Å²) in [5, 5.41) is 20.7. The second-order valence-corrected chi connectivity index (χ2v) is 13.9. The van der Waals surface area contributed by atoms with Crippen LogP contribution in [0.25, 0.3) is 5.76 Å². The van der Waals surface area contributed by atoms with E-state index in [9.17, 15) is 14.7 Å². The molecule has 1 amide bonds. The molecule has 244 valence electrons. The molecule has 1 aromatic heterocycles. The van der Waals surface area contributed by atoms with Gasteiger partial charge in [-0.2, -0.15) is 0 Å². The normalized spacial score (nSPS) is 18.3. The minimum atomic E-state index is -0.982. The SMILES string of the molecule is CCCCCOc1ccc(C2/C(=C(\O)c3ccc4c(c3)CC(C)O4)C(=O)C(=O)N2c2nnc(SCc3ccc(C)cc3)s2)cc1OC. The third-order valence-electron chi connectivity index (χ3n) is 8.21. The highest BCUT2D eigenvalue weighted by molar-refractivity contribution is 8.00. The Morgan fingerprint density at radius 2 is 1.87 bits per heavy atom. The Kier molecular flexibility index (Phi) is 9.84. The number of aliphatic hydroxyl groups is 1. The maximum Gasteiger partial charge on any atom is 0.301 e. The van der Waals surface area contributed by atoms with Crippen molar-refractivity contribution in [2.45, 2.75) is 68.7 Å². The molecule has 6 rings (SSSR count). The summed E-state index contributed by atoms with van der Waals surface area (Å²) in [6, 6.07) is 17.9. The number of anilines is 1. The molecule has 3 heterocycles. The highest BCUT2D eigenvalue weighted by Crippen LogP contribution is 2.46. The smallest absolute Gasteiger partial charge is 0.301 e. The standard InChI is InChI=1S/C36H37N3O6S2/c1-5-6-7-16-44-28-15-12-24(19-29(28)43-4)31-30(32(40)25-13-14-27-26(18-25)17-22(3)45-27)33(41)34(42)39(31)35-37-38-36(47-35)46-20-23-10-8-21(2)9-11-23/h8-15,18-19,22,31,40H,5-7,16-17,20H2,1-4H3/b32-30+. The minimum Gasteiger partial charge on any atom is -0.507 e. The number of benzene rings is 3. The summed E-state index contributed by atoms with van der Waals surface area (Å²) in [6.07, 6.45) is 3.73. The van der Waals surface area contributed by atoms with E-state index in [1.807, 2.05) is 19.9 Å². The highest BCUT2D eigenvalue weighted by atomic mass is 32.2. The van der Waals surface area contributed by atoms with Crippen LogP contribution >= 0.6 is 23.1 Å². The molecule has 3 aromatic carbocycles. The second-order valence-electron chi connectivity index (χ2n) is 11.7. The van der Waals surface area contributed by atoms with E-state index >= 15 is 0 Å². The summed E-state index contributed by atoms with van der Waals surface area (Å²) in [5.74, 6) is 0.572. The van der Waals surface area contributed by atoms with Gasteiger partial charge >= 0.3 is 5.91 Å². The van der Waals surface area contributed by atoms with Gasteiger partial charge in [0.15, 0.2) is 15.8 Å². The first-order valence-corrected chi connectivity index (χ1v) is 17.5. The number of carbonyl (C=O) groups is 2. The Labute approximate surface area is 282 Å². The van der Waals surface area contributed by atoms with E-state index < -0.39 is 17.7 Å². The van der Waals surface area contributed by atoms with Gasteiger partial charge < -0.3 is 19.3 Å². The molecule has 1 fully saturated rings.